The zero-order chi connectivity index (χ0) is 12.9. The highest BCUT2D eigenvalue weighted by Gasteiger charge is 2.14. The summed E-state index contributed by atoms with van der Waals surface area (Å²) in [5, 5.41) is 6.11. The fraction of sp³-hybridized carbons (Fsp3) is 0.429. The Kier molecular flexibility index (Phi) is 4.81. The Morgan fingerprint density at radius 2 is 2.41 bits per heavy atom. The minimum Gasteiger partial charge on any atom is -0.389 e. The van der Waals surface area contributed by atoms with Crippen LogP contribution in [0.4, 0.5) is 5.82 Å². The molecule has 1 heterocycles. The molecule has 5 N–H and O–H groups in total. The number of thiocarbonyl (C=S) groups is 1. The lowest BCUT2D eigenvalue weighted by molar-refractivity contribution is 0.204. The summed E-state index contributed by atoms with van der Waals surface area (Å²) in [4.78, 5) is 0.0494. The largest absolute Gasteiger partial charge is 0.389 e. The van der Waals surface area contributed by atoms with Crippen molar-refractivity contribution in [3.8, 4) is 0 Å². The van der Waals surface area contributed by atoms with E-state index in [1.54, 1.807) is 0 Å². The summed E-state index contributed by atoms with van der Waals surface area (Å²) in [6.07, 6.45) is 1.34. The molecule has 0 amide bonds. The molecule has 0 saturated carbocycles. The zero-order valence-corrected chi connectivity index (χ0v) is 10.7. The Hall–Kier alpha value is -1.23. The number of anilines is 1. The number of H-pyrrole nitrogens is 1. The third-order valence-corrected chi connectivity index (χ3v) is 3.02. The summed E-state index contributed by atoms with van der Waals surface area (Å²) in [5.74, 6) is 0.127. The normalized spacial score (nSPS) is 11.4. The maximum atomic E-state index is 11.5. The van der Waals surface area contributed by atoms with Gasteiger partial charge >= 0.3 is 0 Å². The second-order valence-corrected chi connectivity index (χ2v) is 4.96. The highest BCUT2D eigenvalue weighted by Crippen LogP contribution is 2.11. The molecule has 0 unspecified atom stereocenters. The van der Waals surface area contributed by atoms with Gasteiger partial charge in [0.15, 0.2) is 0 Å². The SMILES string of the molecule is COCCNS(=O)(=O)Nc1[nH]ncc1C(N)=S. The first-order chi connectivity index (χ1) is 7.96. The van der Waals surface area contributed by atoms with E-state index < -0.39 is 10.2 Å². The molecule has 0 aliphatic carbocycles. The summed E-state index contributed by atoms with van der Waals surface area (Å²) in [5.41, 5.74) is 5.73. The van der Waals surface area contributed by atoms with Gasteiger partial charge in [-0.2, -0.15) is 18.2 Å². The molecular formula is C7H13N5O3S2. The second-order valence-electron chi connectivity index (χ2n) is 3.02. The molecule has 0 aromatic carbocycles. The monoisotopic (exact) mass is 279 g/mol. The van der Waals surface area contributed by atoms with Crippen LogP contribution in [0.15, 0.2) is 6.20 Å². The molecule has 1 aromatic heterocycles. The van der Waals surface area contributed by atoms with Gasteiger partial charge in [0.1, 0.15) is 10.8 Å². The van der Waals surface area contributed by atoms with Crippen molar-refractivity contribution in [1.29, 1.82) is 0 Å². The molecule has 10 heteroatoms. The van der Waals surface area contributed by atoms with Crippen molar-refractivity contribution in [3.63, 3.8) is 0 Å². The number of ether oxygens (including phenoxy) is 1. The quantitative estimate of drug-likeness (QED) is 0.373. The van der Waals surface area contributed by atoms with Crippen LogP contribution in [0, 0.1) is 0 Å². The maximum Gasteiger partial charge on any atom is 0.300 e. The Morgan fingerprint density at radius 1 is 1.71 bits per heavy atom. The van der Waals surface area contributed by atoms with Gasteiger partial charge in [0.25, 0.3) is 10.2 Å². The molecule has 1 aromatic rings. The maximum absolute atomic E-state index is 11.5. The molecule has 96 valence electrons. The van der Waals surface area contributed by atoms with Crippen LogP contribution in [0.25, 0.3) is 0 Å². The van der Waals surface area contributed by atoms with Crippen LogP contribution in [0.2, 0.25) is 0 Å². The number of aromatic amines is 1. The molecule has 0 aliphatic heterocycles. The lowest BCUT2D eigenvalue weighted by Crippen LogP contribution is -2.33. The standard InChI is InChI=1S/C7H13N5O3S2/c1-15-3-2-10-17(13,14)12-7-5(6(8)16)4-9-11-7/h4,10H,2-3H2,1H3,(H2,8,16)(H2,9,11,12). The average molecular weight is 279 g/mol. The van der Waals surface area contributed by atoms with Crippen molar-refractivity contribution in [2.75, 3.05) is 25.0 Å². The second kappa shape index (κ2) is 5.91. The summed E-state index contributed by atoms with van der Waals surface area (Å²) in [6.45, 7) is 0.425. The molecule has 8 nitrogen and oxygen atoms in total. The summed E-state index contributed by atoms with van der Waals surface area (Å²) >= 11 is 4.74. The number of hydrogen-bond donors (Lipinski definition) is 4. The lowest BCUT2D eigenvalue weighted by Gasteiger charge is -2.08. The first-order valence-electron chi connectivity index (χ1n) is 4.56. The third-order valence-electron chi connectivity index (χ3n) is 1.74. The van der Waals surface area contributed by atoms with Crippen molar-refractivity contribution >= 4 is 33.2 Å². The highest BCUT2D eigenvalue weighted by atomic mass is 32.2. The first-order valence-corrected chi connectivity index (χ1v) is 6.45. The minimum absolute atomic E-state index is 0.0494. The number of methoxy groups -OCH3 is 1. The number of nitrogens with one attached hydrogen (secondary N) is 3. The van der Waals surface area contributed by atoms with Crippen LogP contribution in [0.5, 0.6) is 0 Å². The van der Waals surface area contributed by atoms with E-state index >= 15 is 0 Å². The fourth-order valence-corrected chi connectivity index (χ4v) is 2.00. The van der Waals surface area contributed by atoms with E-state index in [4.69, 9.17) is 22.7 Å². The van der Waals surface area contributed by atoms with E-state index in [9.17, 15) is 8.42 Å². The van der Waals surface area contributed by atoms with E-state index in [0.29, 0.717) is 5.56 Å². The van der Waals surface area contributed by atoms with Gasteiger partial charge in [-0.3, -0.25) is 9.82 Å². The summed E-state index contributed by atoms with van der Waals surface area (Å²) in [7, 11) is -2.23. The van der Waals surface area contributed by atoms with E-state index in [-0.39, 0.29) is 24.0 Å². The Labute approximate surface area is 104 Å². The van der Waals surface area contributed by atoms with Gasteiger partial charge in [-0.1, -0.05) is 12.2 Å². The van der Waals surface area contributed by atoms with E-state index in [0.717, 1.165) is 0 Å². The van der Waals surface area contributed by atoms with E-state index in [1.165, 1.54) is 13.3 Å². The number of nitrogens with zero attached hydrogens (tertiary/aromatic N) is 1. The van der Waals surface area contributed by atoms with Gasteiger partial charge in [-0.15, -0.1) is 0 Å². The Bertz CT molecular complexity index is 483. The van der Waals surface area contributed by atoms with Gasteiger partial charge in [-0.05, 0) is 0 Å². The number of nitrogens with two attached hydrogens (primary N) is 1. The van der Waals surface area contributed by atoms with Crippen LogP contribution in [0.3, 0.4) is 0 Å². The zero-order valence-electron chi connectivity index (χ0n) is 9.06. The van der Waals surface area contributed by atoms with Crippen LogP contribution in [-0.4, -0.2) is 43.9 Å². The Morgan fingerprint density at radius 3 is 3.00 bits per heavy atom. The Balaban J connectivity index is 2.69. The third kappa shape index (κ3) is 4.26. The van der Waals surface area contributed by atoms with Crippen molar-refractivity contribution in [2.24, 2.45) is 5.73 Å². The van der Waals surface area contributed by atoms with Gasteiger partial charge in [0.2, 0.25) is 0 Å². The molecule has 1 rings (SSSR count). The predicted octanol–water partition coefficient (Wildman–Crippen LogP) is -1.06. The topological polar surface area (TPSA) is 122 Å². The minimum atomic E-state index is -3.70. The van der Waals surface area contributed by atoms with E-state index in [2.05, 4.69) is 19.6 Å². The number of aromatic nitrogens is 2. The van der Waals surface area contributed by atoms with Gasteiger partial charge in [0.05, 0.1) is 18.4 Å². The van der Waals surface area contributed by atoms with Crippen molar-refractivity contribution < 1.29 is 13.2 Å². The molecular weight excluding hydrogens is 266 g/mol. The van der Waals surface area contributed by atoms with Gasteiger partial charge in [0, 0.05) is 13.7 Å². The van der Waals surface area contributed by atoms with Crippen LogP contribution in [-0.2, 0) is 14.9 Å². The molecule has 0 bridgehead atoms. The van der Waals surface area contributed by atoms with Crippen molar-refractivity contribution in [2.45, 2.75) is 0 Å². The first kappa shape index (κ1) is 13.8. The number of rotatable bonds is 7. The average Bonchev–Trinajstić information content (AvgIpc) is 2.65. The molecule has 0 fully saturated rings. The van der Waals surface area contributed by atoms with Crippen LogP contribution < -0.4 is 15.2 Å². The summed E-state index contributed by atoms with van der Waals surface area (Å²) in [6, 6.07) is 0. The smallest absolute Gasteiger partial charge is 0.300 e. The predicted molar refractivity (Wildman–Crippen MR) is 66.9 cm³/mol. The van der Waals surface area contributed by atoms with Crippen LogP contribution >= 0.6 is 12.2 Å². The van der Waals surface area contributed by atoms with Gasteiger partial charge in [-0.25, -0.2) is 0 Å². The lowest BCUT2D eigenvalue weighted by atomic mass is 10.3. The van der Waals surface area contributed by atoms with Crippen LogP contribution in [0.1, 0.15) is 5.56 Å². The highest BCUT2D eigenvalue weighted by molar-refractivity contribution is 7.90. The van der Waals surface area contributed by atoms with E-state index in [1.807, 2.05) is 0 Å². The van der Waals surface area contributed by atoms with Crippen molar-refractivity contribution in [3.05, 3.63) is 11.8 Å². The summed E-state index contributed by atoms with van der Waals surface area (Å²) < 4.78 is 32.3. The number of hydrogen-bond acceptors (Lipinski definition) is 5. The fourth-order valence-electron chi connectivity index (χ4n) is 0.999. The molecule has 0 aliphatic rings. The molecule has 0 atom stereocenters. The molecule has 0 spiro atoms. The molecule has 0 saturated heterocycles. The van der Waals surface area contributed by atoms with Gasteiger partial charge < -0.3 is 10.5 Å². The molecule has 0 radical (unpaired) electrons. The van der Waals surface area contributed by atoms with Crippen molar-refractivity contribution in [1.82, 2.24) is 14.9 Å². The molecule has 17 heavy (non-hydrogen) atoms.